The van der Waals surface area contributed by atoms with Crippen LogP contribution in [0, 0.1) is 0 Å². The zero-order chi connectivity index (χ0) is 51.4. The van der Waals surface area contributed by atoms with Crippen molar-refractivity contribution >= 4 is 17.9 Å². The van der Waals surface area contributed by atoms with Gasteiger partial charge in [0.1, 0.15) is 13.2 Å². The average Bonchev–Trinajstić information content (AvgIpc) is 3.37. The van der Waals surface area contributed by atoms with E-state index in [2.05, 4.69) is 32.9 Å². The molecule has 0 aliphatic rings. The number of rotatable bonds is 60. The third kappa shape index (κ3) is 58.9. The van der Waals surface area contributed by atoms with Gasteiger partial charge in [0.2, 0.25) is 0 Å². The molecule has 0 aliphatic carbocycles. The molecule has 0 bridgehead atoms. The standard InChI is InChI=1S/C65H124O6/c1-4-7-10-13-16-19-22-25-27-29-31-32-34-35-37-40-43-46-49-52-55-58-64(67)70-61-62(60-69-63(66)57-54-51-48-45-42-39-24-21-18-15-12-9-6-3)71-65(68)59-56-53-50-47-44-41-38-36-33-30-28-26-23-20-17-14-11-8-5-2/h21,24,62H,4-20,22-23,25-61H2,1-3H3/b24-21-. The molecular weight excluding hydrogens is 877 g/mol. The molecule has 0 rings (SSSR count). The maximum Gasteiger partial charge on any atom is 0.306 e. The highest BCUT2D eigenvalue weighted by atomic mass is 16.6. The number of carbonyl (C=O) groups excluding carboxylic acids is 3. The van der Waals surface area contributed by atoms with Crippen molar-refractivity contribution in [3.05, 3.63) is 12.2 Å². The van der Waals surface area contributed by atoms with Crippen molar-refractivity contribution in [1.29, 1.82) is 0 Å². The maximum atomic E-state index is 12.9. The van der Waals surface area contributed by atoms with Gasteiger partial charge in [-0.2, -0.15) is 0 Å². The molecule has 0 aromatic carbocycles. The Bertz CT molecular complexity index is 1100. The molecule has 0 spiro atoms. The summed E-state index contributed by atoms with van der Waals surface area (Å²) in [4.78, 5) is 38.3. The van der Waals surface area contributed by atoms with Gasteiger partial charge in [-0.1, -0.05) is 315 Å². The second-order valence-electron chi connectivity index (χ2n) is 22.0. The molecule has 420 valence electrons. The van der Waals surface area contributed by atoms with Crippen LogP contribution in [0.15, 0.2) is 12.2 Å². The summed E-state index contributed by atoms with van der Waals surface area (Å²) in [5.74, 6) is -0.844. The van der Waals surface area contributed by atoms with E-state index in [1.807, 2.05) is 0 Å². The normalized spacial score (nSPS) is 12.0. The molecule has 6 heteroatoms. The van der Waals surface area contributed by atoms with Gasteiger partial charge < -0.3 is 14.2 Å². The summed E-state index contributed by atoms with van der Waals surface area (Å²) >= 11 is 0. The predicted molar refractivity (Wildman–Crippen MR) is 307 cm³/mol. The van der Waals surface area contributed by atoms with Crippen LogP contribution in [0.2, 0.25) is 0 Å². The molecule has 0 saturated heterocycles. The van der Waals surface area contributed by atoms with Crippen LogP contribution < -0.4 is 0 Å². The predicted octanol–water partition coefficient (Wildman–Crippen LogP) is 21.7. The third-order valence-corrected chi connectivity index (χ3v) is 14.8. The molecule has 0 heterocycles. The summed E-state index contributed by atoms with van der Waals surface area (Å²) in [5.41, 5.74) is 0. The Hall–Kier alpha value is -1.85. The largest absolute Gasteiger partial charge is 0.462 e. The molecule has 1 atom stereocenters. The molecule has 0 radical (unpaired) electrons. The van der Waals surface area contributed by atoms with Gasteiger partial charge in [0.25, 0.3) is 0 Å². The fraction of sp³-hybridized carbons (Fsp3) is 0.923. The van der Waals surface area contributed by atoms with E-state index < -0.39 is 6.10 Å². The summed E-state index contributed by atoms with van der Waals surface area (Å²) in [6.07, 6.45) is 70.8. The fourth-order valence-electron chi connectivity index (χ4n) is 9.91. The minimum Gasteiger partial charge on any atom is -0.462 e. The monoisotopic (exact) mass is 1000 g/mol. The zero-order valence-corrected chi connectivity index (χ0v) is 48.3. The number of ether oxygens (including phenoxy) is 3. The Morgan fingerprint density at radius 3 is 0.718 bits per heavy atom. The van der Waals surface area contributed by atoms with Gasteiger partial charge in [0, 0.05) is 19.3 Å². The van der Waals surface area contributed by atoms with Gasteiger partial charge in [-0.3, -0.25) is 14.4 Å². The number of allylic oxidation sites excluding steroid dienone is 2. The van der Waals surface area contributed by atoms with Crippen molar-refractivity contribution in [2.24, 2.45) is 0 Å². The Kier molecular flexibility index (Phi) is 59.1. The highest BCUT2D eigenvalue weighted by Crippen LogP contribution is 2.18. The number of carbonyl (C=O) groups is 3. The third-order valence-electron chi connectivity index (χ3n) is 14.8. The Labute approximate surface area is 443 Å². The molecule has 0 saturated carbocycles. The van der Waals surface area contributed by atoms with Crippen LogP contribution in [-0.4, -0.2) is 37.2 Å². The zero-order valence-electron chi connectivity index (χ0n) is 48.3. The lowest BCUT2D eigenvalue weighted by Crippen LogP contribution is -2.30. The van der Waals surface area contributed by atoms with Crippen LogP contribution in [0.1, 0.15) is 367 Å². The van der Waals surface area contributed by atoms with Crippen LogP contribution in [0.4, 0.5) is 0 Å². The first-order valence-corrected chi connectivity index (χ1v) is 32.2. The lowest BCUT2D eigenvalue weighted by atomic mass is 10.0. The minimum absolute atomic E-state index is 0.0660. The number of hydrogen-bond donors (Lipinski definition) is 0. The fourth-order valence-corrected chi connectivity index (χ4v) is 9.91. The Morgan fingerprint density at radius 1 is 0.268 bits per heavy atom. The summed E-state index contributed by atoms with van der Waals surface area (Å²) in [6.45, 7) is 6.70. The molecule has 0 aromatic rings. The summed E-state index contributed by atoms with van der Waals surface area (Å²) in [5, 5.41) is 0. The van der Waals surface area contributed by atoms with Gasteiger partial charge in [0.05, 0.1) is 0 Å². The van der Waals surface area contributed by atoms with Gasteiger partial charge >= 0.3 is 17.9 Å². The highest BCUT2D eigenvalue weighted by molar-refractivity contribution is 5.71. The average molecular weight is 1000 g/mol. The van der Waals surface area contributed by atoms with Crippen molar-refractivity contribution in [2.75, 3.05) is 13.2 Å². The van der Waals surface area contributed by atoms with Gasteiger partial charge in [0.15, 0.2) is 6.10 Å². The number of unbranched alkanes of at least 4 members (excludes halogenated alkanes) is 47. The maximum absolute atomic E-state index is 12.9. The van der Waals surface area contributed by atoms with Gasteiger partial charge in [-0.05, 0) is 44.9 Å². The van der Waals surface area contributed by atoms with Crippen molar-refractivity contribution in [3.63, 3.8) is 0 Å². The second kappa shape index (κ2) is 60.7. The molecule has 6 nitrogen and oxygen atoms in total. The molecule has 0 aromatic heterocycles. The SMILES string of the molecule is CCCCCC/C=C\CCCCCCCC(=O)OCC(COC(=O)CCCCCCCCCCCCCCCCCCCCCCC)OC(=O)CCCCCCCCCCCCCCCCCCCCC. The highest BCUT2D eigenvalue weighted by Gasteiger charge is 2.19. The molecule has 71 heavy (non-hydrogen) atoms. The summed E-state index contributed by atoms with van der Waals surface area (Å²) in [6, 6.07) is 0. The smallest absolute Gasteiger partial charge is 0.306 e. The van der Waals surface area contributed by atoms with E-state index in [9.17, 15) is 14.4 Å². The van der Waals surface area contributed by atoms with Gasteiger partial charge in [-0.15, -0.1) is 0 Å². The van der Waals surface area contributed by atoms with Crippen molar-refractivity contribution < 1.29 is 28.6 Å². The number of hydrogen-bond acceptors (Lipinski definition) is 6. The van der Waals surface area contributed by atoms with E-state index >= 15 is 0 Å². The van der Waals surface area contributed by atoms with Crippen LogP contribution >= 0.6 is 0 Å². The van der Waals surface area contributed by atoms with Gasteiger partial charge in [-0.25, -0.2) is 0 Å². The molecule has 0 fully saturated rings. The quantitative estimate of drug-likeness (QED) is 0.0261. The van der Waals surface area contributed by atoms with Crippen molar-refractivity contribution in [2.45, 2.75) is 374 Å². The first kappa shape index (κ1) is 69.2. The van der Waals surface area contributed by atoms with E-state index in [0.717, 1.165) is 64.2 Å². The Morgan fingerprint density at radius 2 is 0.465 bits per heavy atom. The lowest BCUT2D eigenvalue weighted by Gasteiger charge is -2.18. The molecule has 0 N–H and O–H groups in total. The summed E-state index contributed by atoms with van der Waals surface area (Å²) in [7, 11) is 0. The first-order chi connectivity index (χ1) is 35.0. The minimum atomic E-state index is -0.768. The first-order valence-electron chi connectivity index (χ1n) is 32.2. The molecule has 1 unspecified atom stereocenters. The molecular formula is C65H124O6. The van der Waals surface area contributed by atoms with E-state index in [-0.39, 0.29) is 31.1 Å². The number of esters is 3. The van der Waals surface area contributed by atoms with Crippen LogP contribution in [0.5, 0.6) is 0 Å². The lowest BCUT2D eigenvalue weighted by molar-refractivity contribution is -0.167. The van der Waals surface area contributed by atoms with E-state index in [4.69, 9.17) is 14.2 Å². The van der Waals surface area contributed by atoms with E-state index in [1.165, 1.54) is 263 Å². The van der Waals surface area contributed by atoms with Crippen LogP contribution in [0.3, 0.4) is 0 Å². The summed E-state index contributed by atoms with van der Waals surface area (Å²) < 4.78 is 16.9. The van der Waals surface area contributed by atoms with Crippen molar-refractivity contribution in [3.8, 4) is 0 Å². The second-order valence-corrected chi connectivity index (χ2v) is 22.0. The van der Waals surface area contributed by atoms with Crippen LogP contribution in [-0.2, 0) is 28.6 Å². The molecule has 0 aliphatic heterocycles. The Balaban J connectivity index is 4.25. The van der Waals surface area contributed by atoms with Crippen molar-refractivity contribution in [1.82, 2.24) is 0 Å². The molecule has 0 amide bonds. The van der Waals surface area contributed by atoms with E-state index in [1.54, 1.807) is 0 Å². The van der Waals surface area contributed by atoms with E-state index in [0.29, 0.717) is 19.3 Å². The topological polar surface area (TPSA) is 78.9 Å². The van der Waals surface area contributed by atoms with Crippen LogP contribution in [0.25, 0.3) is 0 Å².